The normalized spacial score (nSPS) is 14.4. The van der Waals surface area contributed by atoms with Crippen LogP contribution in [0.3, 0.4) is 0 Å². The lowest BCUT2D eigenvalue weighted by atomic mass is 10.1. The molecule has 1 fully saturated rings. The molecule has 3 amide bonds. The zero-order valence-corrected chi connectivity index (χ0v) is 22.7. The minimum atomic E-state index is -0.465. The number of aryl methyl sites for hydroxylation is 1. The molecular formula is C27H23BrCl2N2O4. The second-order valence-electron chi connectivity index (χ2n) is 8.14. The van der Waals surface area contributed by atoms with Crippen LogP contribution in [-0.4, -0.2) is 23.4 Å². The summed E-state index contributed by atoms with van der Waals surface area (Å²) in [7, 11) is 0. The van der Waals surface area contributed by atoms with Crippen molar-refractivity contribution in [3.8, 4) is 11.5 Å². The molecule has 0 radical (unpaired) electrons. The van der Waals surface area contributed by atoms with Gasteiger partial charge in [0.05, 0.1) is 13.2 Å². The maximum atomic E-state index is 13.0. The third-order valence-corrected chi connectivity index (χ3v) is 6.76. The van der Waals surface area contributed by atoms with Crippen LogP contribution in [0.5, 0.6) is 11.5 Å². The van der Waals surface area contributed by atoms with E-state index in [0.29, 0.717) is 38.2 Å². The van der Waals surface area contributed by atoms with Crippen LogP contribution in [0.15, 0.2) is 64.8 Å². The molecule has 6 nitrogen and oxygen atoms in total. The van der Waals surface area contributed by atoms with Gasteiger partial charge in [0.25, 0.3) is 5.91 Å². The molecule has 0 aromatic heterocycles. The van der Waals surface area contributed by atoms with E-state index in [1.807, 2.05) is 38.1 Å². The summed E-state index contributed by atoms with van der Waals surface area (Å²) >= 11 is 15.8. The van der Waals surface area contributed by atoms with Crippen molar-refractivity contribution in [3.05, 3.63) is 97.1 Å². The fourth-order valence-corrected chi connectivity index (χ4v) is 4.48. The first kappa shape index (κ1) is 26.1. The second-order valence-corrected chi connectivity index (χ2v) is 9.84. The summed E-state index contributed by atoms with van der Waals surface area (Å²) in [6.07, 6.45) is 1.61. The molecule has 0 atom stereocenters. The number of benzene rings is 3. The summed E-state index contributed by atoms with van der Waals surface area (Å²) in [5, 5.41) is 3.72. The molecule has 0 aliphatic carbocycles. The summed E-state index contributed by atoms with van der Waals surface area (Å²) in [6, 6.07) is 15.9. The van der Waals surface area contributed by atoms with E-state index in [4.69, 9.17) is 32.7 Å². The predicted octanol–water partition coefficient (Wildman–Crippen LogP) is 7.13. The molecule has 9 heteroatoms. The van der Waals surface area contributed by atoms with Gasteiger partial charge in [0.2, 0.25) is 0 Å². The highest BCUT2D eigenvalue weighted by Crippen LogP contribution is 2.36. The van der Waals surface area contributed by atoms with Crippen LogP contribution in [0, 0.1) is 6.92 Å². The van der Waals surface area contributed by atoms with Gasteiger partial charge >= 0.3 is 6.03 Å². The first-order chi connectivity index (χ1) is 17.2. The third-order valence-electron chi connectivity index (χ3n) is 5.48. The van der Waals surface area contributed by atoms with E-state index in [-0.39, 0.29) is 18.8 Å². The molecule has 1 N–H and O–H groups in total. The number of hydrogen-bond donors (Lipinski definition) is 1. The van der Waals surface area contributed by atoms with Crippen molar-refractivity contribution in [2.75, 3.05) is 6.61 Å². The summed E-state index contributed by atoms with van der Waals surface area (Å²) in [4.78, 5) is 26.7. The number of halogens is 3. The number of nitrogens with zero attached hydrogens (tertiary/aromatic N) is 1. The lowest BCUT2D eigenvalue weighted by molar-refractivity contribution is -0.123. The Bertz CT molecular complexity index is 1340. The van der Waals surface area contributed by atoms with E-state index in [0.717, 1.165) is 16.7 Å². The van der Waals surface area contributed by atoms with Crippen molar-refractivity contribution in [1.82, 2.24) is 10.2 Å². The summed E-state index contributed by atoms with van der Waals surface area (Å²) in [5.41, 5.74) is 3.58. The van der Waals surface area contributed by atoms with Gasteiger partial charge in [-0.3, -0.25) is 9.69 Å². The number of urea groups is 1. The number of ether oxygens (including phenoxy) is 2. The first-order valence-electron chi connectivity index (χ1n) is 11.2. The number of nitrogens with one attached hydrogen (secondary N) is 1. The molecule has 3 aromatic rings. The SMILES string of the molecule is CCOc1cc(/C=C2/NC(=O)N(Cc3ccc(C)cc3)C2=O)c(Br)cc1OCc1ccc(Cl)cc1Cl. The van der Waals surface area contributed by atoms with E-state index in [9.17, 15) is 9.59 Å². The van der Waals surface area contributed by atoms with Crippen LogP contribution in [0.2, 0.25) is 10.0 Å². The second kappa shape index (κ2) is 11.4. The maximum absolute atomic E-state index is 13.0. The van der Waals surface area contributed by atoms with Gasteiger partial charge < -0.3 is 14.8 Å². The summed E-state index contributed by atoms with van der Waals surface area (Å²) in [5.74, 6) is 0.591. The Labute approximate surface area is 227 Å². The van der Waals surface area contributed by atoms with Crippen LogP contribution >= 0.6 is 39.1 Å². The van der Waals surface area contributed by atoms with Crippen LogP contribution in [0.1, 0.15) is 29.2 Å². The van der Waals surface area contributed by atoms with Gasteiger partial charge in [-0.1, -0.05) is 75.0 Å². The average molecular weight is 590 g/mol. The zero-order valence-electron chi connectivity index (χ0n) is 19.6. The highest BCUT2D eigenvalue weighted by molar-refractivity contribution is 9.10. The Hall–Kier alpha value is -3.00. The minimum absolute atomic E-state index is 0.178. The number of rotatable bonds is 8. The third kappa shape index (κ3) is 6.03. The largest absolute Gasteiger partial charge is 0.490 e. The molecule has 0 spiro atoms. The highest BCUT2D eigenvalue weighted by Gasteiger charge is 2.33. The van der Waals surface area contributed by atoms with E-state index in [1.54, 1.807) is 36.4 Å². The Kier molecular flexibility index (Phi) is 8.24. The quantitative estimate of drug-likeness (QED) is 0.224. The van der Waals surface area contributed by atoms with Crippen molar-refractivity contribution in [2.45, 2.75) is 27.0 Å². The molecule has 186 valence electrons. The van der Waals surface area contributed by atoms with Crippen LogP contribution in [0.25, 0.3) is 6.08 Å². The number of carbonyl (C=O) groups excluding carboxylic acids is 2. The lowest BCUT2D eigenvalue weighted by Gasteiger charge is -2.15. The smallest absolute Gasteiger partial charge is 0.329 e. The molecule has 1 heterocycles. The maximum Gasteiger partial charge on any atom is 0.329 e. The molecule has 3 aromatic carbocycles. The van der Waals surface area contributed by atoms with Crippen molar-refractivity contribution < 1.29 is 19.1 Å². The van der Waals surface area contributed by atoms with Crippen LogP contribution in [0.4, 0.5) is 4.79 Å². The number of carbonyl (C=O) groups is 2. The van der Waals surface area contributed by atoms with Gasteiger partial charge in [0.1, 0.15) is 12.3 Å². The molecule has 1 aliphatic rings. The lowest BCUT2D eigenvalue weighted by Crippen LogP contribution is -2.30. The fourth-order valence-electron chi connectivity index (χ4n) is 3.58. The van der Waals surface area contributed by atoms with Gasteiger partial charge in [-0.2, -0.15) is 0 Å². The van der Waals surface area contributed by atoms with E-state index >= 15 is 0 Å². The molecule has 4 rings (SSSR count). The highest BCUT2D eigenvalue weighted by atomic mass is 79.9. The molecular weight excluding hydrogens is 567 g/mol. The molecule has 36 heavy (non-hydrogen) atoms. The van der Waals surface area contributed by atoms with Crippen LogP contribution < -0.4 is 14.8 Å². The number of imide groups is 1. The number of hydrogen-bond acceptors (Lipinski definition) is 4. The molecule has 0 unspecified atom stereocenters. The Morgan fingerprint density at radius 2 is 1.72 bits per heavy atom. The van der Waals surface area contributed by atoms with Crippen molar-refractivity contribution >= 4 is 57.1 Å². The topological polar surface area (TPSA) is 67.9 Å². The van der Waals surface area contributed by atoms with Gasteiger partial charge in [0, 0.05) is 20.1 Å². The monoisotopic (exact) mass is 588 g/mol. The Morgan fingerprint density at radius 1 is 1.00 bits per heavy atom. The van der Waals surface area contributed by atoms with E-state index in [1.165, 1.54) is 4.90 Å². The molecule has 1 aliphatic heterocycles. The van der Waals surface area contributed by atoms with Crippen molar-refractivity contribution in [3.63, 3.8) is 0 Å². The summed E-state index contributed by atoms with van der Waals surface area (Å²) in [6.45, 7) is 4.66. The van der Waals surface area contributed by atoms with E-state index < -0.39 is 11.9 Å². The molecule has 1 saturated heterocycles. The average Bonchev–Trinajstić information content (AvgIpc) is 3.09. The minimum Gasteiger partial charge on any atom is -0.490 e. The van der Waals surface area contributed by atoms with E-state index in [2.05, 4.69) is 21.2 Å². The summed E-state index contributed by atoms with van der Waals surface area (Å²) < 4.78 is 12.4. The fraction of sp³-hybridized carbons (Fsp3) is 0.185. The zero-order chi connectivity index (χ0) is 25.8. The predicted molar refractivity (Wildman–Crippen MR) is 144 cm³/mol. The molecule has 0 saturated carbocycles. The van der Waals surface area contributed by atoms with Gasteiger partial charge in [0.15, 0.2) is 11.5 Å². The first-order valence-corrected chi connectivity index (χ1v) is 12.7. The molecule has 0 bridgehead atoms. The number of amides is 3. The van der Waals surface area contributed by atoms with Crippen molar-refractivity contribution in [1.29, 1.82) is 0 Å². The van der Waals surface area contributed by atoms with Crippen molar-refractivity contribution in [2.24, 2.45) is 0 Å². The Balaban J connectivity index is 1.55. The van der Waals surface area contributed by atoms with Gasteiger partial charge in [-0.25, -0.2) is 4.79 Å². The van der Waals surface area contributed by atoms with Gasteiger partial charge in [-0.05, 0) is 55.3 Å². The van der Waals surface area contributed by atoms with Crippen LogP contribution in [-0.2, 0) is 17.9 Å². The van der Waals surface area contributed by atoms with Gasteiger partial charge in [-0.15, -0.1) is 0 Å². The Morgan fingerprint density at radius 3 is 2.42 bits per heavy atom. The standard InChI is InChI=1S/C27H23BrCl2N2O4/c1-3-35-24-11-19(21(28)13-25(24)36-15-18-8-9-20(29)12-22(18)30)10-23-26(33)32(27(34)31-23)14-17-6-4-16(2)5-7-17/h4-13H,3,14-15H2,1-2H3,(H,31,34)/b23-10+.